The van der Waals surface area contributed by atoms with Crippen LogP contribution >= 0.6 is 11.3 Å². The Hall–Kier alpha value is -4.30. The minimum absolute atomic E-state index is 0.0777. The van der Waals surface area contributed by atoms with Gasteiger partial charge in [0.1, 0.15) is 12.4 Å². The number of hydrogen-bond acceptors (Lipinski definition) is 4. The summed E-state index contributed by atoms with van der Waals surface area (Å²) >= 11 is 1.34. The van der Waals surface area contributed by atoms with E-state index in [0.717, 1.165) is 27.5 Å². The van der Waals surface area contributed by atoms with Gasteiger partial charge in [0.2, 0.25) is 5.91 Å². The second kappa shape index (κ2) is 7.93. The van der Waals surface area contributed by atoms with Gasteiger partial charge in [-0.2, -0.15) is 0 Å². The highest BCUT2D eigenvalue weighted by molar-refractivity contribution is 7.15. The van der Waals surface area contributed by atoms with Crippen LogP contribution in [0.3, 0.4) is 0 Å². The van der Waals surface area contributed by atoms with E-state index in [1.807, 2.05) is 65.4 Å². The molecule has 0 unspecified atom stereocenters. The molecule has 3 aromatic carbocycles. The molecule has 3 heterocycles. The van der Waals surface area contributed by atoms with E-state index in [0.29, 0.717) is 15.2 Å². The fourth-order valence-corrected chi connectivity index (χ4v) is 5.14. The van der Waals surface area contributed by atoms with Gasteiger partial charge in [-0.1, -0.05) is 41.7 Å². The predicted molar refractivity (Wildman–Crippen MR) is 133 cm³/mol. The molecule has 0 aliphatic heterocycles. The smallest absolute Gasteiger partial charge is 0.274 e. The number of fused-ring (bicyclic) bond motifs is 4. The van der Waals surface area contributed by atoms with Crippen LogP contribution in [0.2, 0.25) is 0 Å². The lowest BCUT2D eigenvalue weighted by Gasteiger charge is -2.07. The first kappa shape index (κ1) is 20.3. The number of carbonyl (C=O) groups excluding carboxylic acids is 1. The number of amides is 1. The number of imidazole rings is 1. The van der Waals surface area contributed by atoms with Crippen molar-refractivity contribution in [2.45, 2.75) is 6.54 Å². The minimum atomic E-state index is -0.360. The first-order valence-corrected chi connectivity index (χ1v) is 11.4. The van der Waals surface area contributed by atoms with Crippen molar-refractivity contribution in [2.24, 2.45) is 0 Å². The summed E-state index contributed by atoms with van der Waals surface area (Å²) in [7, 11) is 0. The van der Waals surface area contributed by atoms with Crippen LogP contribution in [0, 0.1) is 5.82 Å². The lowest BCUT2D eigenvalue weighted by molar-refractivity contribution is -0.116. The maximum Gasteiger partial charge on any atom is 0.274 e. The molecule has 34 heavy (non-hydrogen) atoms. The van der Waals surface area contributed by atoms with E-state index < -0.39 is 0 Å². The molecule has 0 saturated heterocycles. The average molecular weight is 469 g/mol. The van der Waals surface area contributed by atoms with Crippen molar-refractivity contribution in [3.05, 3.63) is 105 Å². The molecule has 0 fully saturated rings. The Morgan fingerprint density at radius 3 is 2.56 bits per heavy atom. The number of hydrogen-bond donors (Lipinski definition) is 1. The third kappa shape index (κ3) is 3.45. The second-order valence-corrected chi connectivity index (χ2v) is 8.93. The summed E-state index contributed by atoms with van der Waals surface area (Å²) in [5.41, 5.74) is 3.72. The Morgan fingerprint density at radius 2 is 1.74 bits per heavy atom. The molecule has 6 rings (SSSR count). The van der Waals surface area contributed by atoms with E-state index in [2.05, 4.69) is 10.3 Å². The van der Waals surface area contributed by atoms with Gasteiger partial charge < -0.3 is 9.88 Å². The van der Waals surface area contributed by atoms with Crippen molar-refractivity contribution < 1.29 is 9.18 Å². The highest BCUT2D eigenvalue weighted by Crippen LogP contribution is 2.23. The molecule has 1 N–H and O–H groups in total. The highest BCUT2D eigenvalue weighted by Gasteiger charge is 2.13. The zero-order valence-electron chi connectivity index (χ0n) is 17.7. The van der Waals surface area contributed by atoms with Crippen molar-refractivity contribution in [1.29, 1.82) is 0 Å². The van der Waals surface area contributed by atoms with Crippen LogP contribution in [0.15, 0.2) is 83.8 Å². The summed E-state index contributed by atoms with van der Waals surface area (Å²) in [5, 5.41) is 3.72. The predicted octanol–water partition coefficient (Wildman–Crippen LogP) is 4.19. The Balaban J connectivity index is 1.40. The topological polar surface area (TPSA) is 68.4 Å². The van der Waals surface area contributed by atoms with Gasteiger partial charge in [0.25, 0.3) is 5.56 Å². The monoisotopic (exact) mass is 468 g/mol. The van der Waals surface area contributed by atoms with Crippen LogP contribution in [0.25, 0.3) is 33.0 Å². The van der Waals surface area contributed by atoms with E-state index in [9.17, 15) is 14.0 Å². The molecule has 6 aromatic rings. The van der Waals surface area contributed by atoms with Crippen LogP contribution in [0.4, 0.5) is 10.1 Å². The molecule has 0 spiro atoms. The van der Waals surface area contributed by atoms with Gasteiger partial charge in [0.15, 0.2) is 4.96 Å². The molecule has 0 radical (unpaired) electrons. The van der Waals surface area contributed by atoms with Crippen molar-refractivity contribution >= 4 is 55.9 Å². The van der Waals surface area contributed by atoms with E-state index in [1.165, 1.54) is 35.6 Å². The van der Waals surface area contributed by atoms with Crippen LogP contribution in [0.1, 0.15) is 5.56 Å². The molecule has 0 saturated carbocycles. The third-order valence-corrected chi connectivity index (χ3v) is 6.66. The Morgan fingerprint density at radius 1 is 1.00 bits per heavy atom. The Labute approximate surface area is 196 Å². The van der Waals surface area contributed by atoms with Crippen LogP contribution < -0.4 is 15.4 Å². The van der Waals surface area contributed by atoms with Crippen LogP contribution in [0.5, 0.6) is 0 Å². The lowest BCUT2D eigenvalue weighted by atomic mass is 10.2. The maximum atomic E-state index is 13.2. The first-order valence-electron chi connectivity index (χ1n) is 10.6. The fraction of sp³-hybridized carbons (Fsp3) is 0.0385. The van der Waals surface area contributed by atoms with Crippen molar-refractivity contribution in [3.63, 3.8) is 0 Å². The SMILES string of the molecule is O=C(Cn1cc(/C=c2\sc3nc4ccccc4n3c2=O)c2ccccc21)Nc1ccc(F)cc1. The number of carbonyl (C=O) groups is 1. The van der Waals surface area contributed by atoms with Gasteiger partial charge in [0.05, 0.1) is 15.6 Å². The zero-order valence-corrected chi connectivity index (χ0v) is 18.6. The molecule has 0 bridgehead atoms. The average Bonchev–Trinajstić information content (AvgIpc) is 3.47. The summed E-state index contributed by atoms with van der Waals surface area (Å²) in [4.78, 5) is 31.0. The molecule has 8 heteroatoms. The molecule has 1 amide bonds. The normalized spacial score (nSPS) is 12.2. The van der Waals surface area contributed by atoms with Crippen molar-refractivity contribution in [1.82, 2.24) is 14.0 Å². The molecule has 166 valence electrons. The molecular formula is C26H17FN4O2S. The minimum Gasteiger partial charge on any atom is -0.337 e. The van der Waals surface area contributed by atoms with Gasteiger partial charge in [-0.15, -0.1) is 0 Å². The number of rotatable bonds is 4. The quantitative estimate of drug-likeness (QED) is 0.422. The van der Waals surface area contributed by atoms with Crippen molar-refractivity contribution in [3.8, 4) is 0 Å². The largest absolute Gasteiger partial charge is 0.337 e. The molecule has 0 aliphatic rings. The number of halogens is 1. The fourth-order valence-electron chi connectivity index (χ4n) is 4.16. The number of thiazole rings is 1. The van der Waals surface area contributed by atoms with Crippen LogP contribution in [-0.4, -0.2) is 19.9 Å². The summed E-state index contributed by atoms with van der Waals surface area (Å²) in [6, 6.07) is 20.9. The number of anilines is 1. The maximum absolute atomic E-state index is 13.2. The Kier molecular flexibility index (Phi) is 4.74. The van der Waals surface area contributed by atoms with E-state index in [4.69, 9.17) is 0 Å². The molecule has 0 atom stereocenters. The summed E-state index contributed by atoms with van der Waals surface area (Å²) in [6.45, 7) is 0.0777. The van der Waals surface area contributed by atoms with Gasteiger partial charge >= 0.3 is 0 Å². The number of para-hydroxylation sites is 3. The van der Waals surface area contributed by atoms with Gasteiger partial charge in [-0.25, -0.2) is 13.8 Å². The number of benzene rings is 3. The standard InChI is InChI=1S/C26H17FN4O2S/c27-17-9-11-18(12-10-17)28-24(32)15-30-14-16(19-5-1-3-7-21(19)30)13-23-25(33)31-22-8-4-2-6-20(22)29-26(31)34-23/h1-14H,15H2,(H,28,32)/b23-13-. The van der Waals surface area contributed by atoms with Gasteiger partial charge in [-0.3, -0.25) is 9.59 Å². The summed E-state index contributed by atoms with van der Waals surface area (Å²) in [6.07, 6.45) is 3.72. The highest BCUT2D eigenvalue weighted by atomic mass is 32.1. The van der Waals surface area contributed by atoms with E-state index in [1.54, 1.807) is 4.40 Å². The molecule has 6 nitrogen and oxygen atoms in total. The molecule has 3 aromatic heterocycles. The zero-order chi connectivity index (χ0) is 23.2. The van der Waals surface area contributed by atoms with Gasteiger partial charge in [0, 0.05) is 28.4 Å². The van der Waals surface area contributed by atoms with Gasteiger partial charge in [-0.05, 0) is 48.5 Å². The van der Waals surface area contributed by atoms with Crippen LogP contribution in [-0.2, 0) is 11.3 Å². The van der Waals surface area contributed by atoms with E-state index >= 15 is 0 Å². The lowest BCUT2D eigenvalue weighted by Crippen LogP contribution is -2.22. The molecular weight excluding hydrogens is 451 g/mol. The summed E-state index contributed by atoms with van der Waals surface area (Å²) < 4.78 is 17.2. The first-order chi connectivity index (χ1) is 16.6. The summed E-state index contributed by atoms with van der Waals surface area (Å²) in [5.74, 6) is -0.592. The number of nitrogens with one attached hydrogen (secondary N) is 1. The number of nitrogens with zero attached hydrogens (tertiary/aromatic N) is 3. The second-order valence-electron chi connectivity index (χ2n) is 7.92. The van der Waals surface area contributed by atoms with Crippen molar-refractivity contribution in [2.75, 3.05) is 5.32 Å². The number of aromatic nitrogens is 3. The third-order valence-electron chi connectivity index (χ3n) is 5.69. The molecule has 0 aliphatic carbocycles. The van der Waals surface area contributed by atoms with E-state index in [-0.39, 0.29) is 23.8 Å². The Bertz CT molecular complexity index is 1820.